The summed E-state index contributed by atoms with van der Waals surface area (Å²) < 4.78 is 5.31. The maximum atomic E-state index is 6.15. The summed E-state index contributed by atoms with van der Waals surface area (Å²) in [6.07, 6.45) is 2.22. The van der Waals surface area contributed by atoms with Gasteiger partial charge in [-0.15, -0.1) is 0 Å². The minimum absolute atomic E-state index is 0.354. The molecule has 0 radical (unpaired) electrons. The van der Waals surface area contributed by atoms with Crippen LogP contribution >= 0.6 is 23.2 Å². The van der Waals surface area contributed by atoms with E-state index in [-0.39, 0.29) is 0 Å². The maximum Gasteiger partial charge on any atom is 0.228 e. The Morgan fingerprint density at radius 2 is 1.95 bits per heavy atom. The van der Waals surface area contributed by atoms with E-state index >= 15 is 0 Å². The Hall–Kier alpha value is -1.10. The van der Waals surface area contributed by atoms with E-state index in [0.29, 0.717) is 34.2 Å². The molecule has 0 aliphatic heterocycles. The second-order valence-electron chi connectivity index (χ2n) is 4.85. The fourth-order valence-corrected chi connectivity index (χ4v) is 2.70. The second kappa shape index (κ2) is 7.78. The maximum absolute atomic E-state index is 6.15. The molecular formula is C15H19Cl2N3O. The normalized spacial score (nSPS) is 12.6. The van der Waals surface area contributed by atoms with Gasteiger partial charge >= 0.3 is 0 Å². The molecule has 114 valence electrons. The van der Waals surface area contributed by atoms with E-state index < -0.39 is 0 Å². The van der Waals surface area contributed by atoms with Gasteiger partial charge in [-0.25, -0.2) is 0 Å². The smallest absolute Gasteiger partial charge is 0.228 e. The van der Waals surface area contributed by atoms with Crippen LogP contribution in [0.5, 0.6) is 0 Å². The monoisotopic (exact) mass is 327 g/mol. The van der Waals surface area contributed by atoms with Crippen molar-refractivity contribution >= 4 is 23.2 Å². The van der Waals surface area contributed by atoms with Crippen LogP contribution in [0.15, 0.2) is 22.7 Å². The molecule has 0 spiro atoms. The Morgan fingerprint density at radius 3 is 2.57 bits per heavy atom. The first kappa shape index (κ1) is 16.3. The topological polar surface area (TPSA) is 51.0 Å². The Morgan fingerprint density at radius 1 is 1.24 bits per heavy atom. The van der Waals surface area contributed by atoms with Crippen molar-refractivity contribution in [2.45, 2.75) is 39.2 Å². The van der Waals surface area contributed by atoms with Crippen LogP contribution < -0.4 is 5.32 Å². The largest absolute Gasteiger partial charge is 0.339 e. The highest BCUT2D eigenvalue weighted by molar-refractivity contribution is 6.36. The zero-order valence-corrected chi connectivity index (χ0v) is 13.7. The highest BCUT2D eigenvalue weighted by Gasteiger charge is 2.14. The lowest BCUT2D eigenvalue weighted by Crippen LogP contribution is -2.30. The summed E-state index contributed by atoms with van der Waals surface area (Å²) >= 11 is 12.3. The number of benzene rings is 1. The van der Waals surface area contributed by atoms with Crippen molar-refractivity contribution in [3.63, 3.8) is 0 Å². The van der Waals surface area contributed by atoms with Gasteiger partial charge in [-0.3, -0.25) is 0 Å². The van der Waals surface area contributed by atoms with Crippen molar-refractivity contribution in [3.05, 3.63) is 45.5 Å². The van der Waals surface area contributed by atoms with Crippen molar-refractivity contribution < 1.29 is 4.52 Å². The molecule has 0 saturated heterocycles. The van der Waals surface area contributed by atoms with Crippen LogP contribution in [0.4, 0.5) is 0 Å². The molecule has 0 amide bonds. The standard InChI is InChI=1S/C15H19Cl2N3O/c1-3-10(18-4-2)8-15-19-14(20-21-15)9-11-12(16)6-5-7-13(11)17/h5-7,10,18H,3-4,8-9H2,1-2H3. The molecule has 1 heterocycles. The molecule has 1 aromatic heterocycles. The van der Waals surface area contributed by atoms with Crippen LogP contribution in [0.3, 0.4) is 0 Å². The third kappa shape index (κ3) is 4.43. The number of nitrogens with zero attached hydrogens (tertiary/aromatic N) is 2. The fraction of sp³-hybridized carbons (Fsp3) is 0.467. The fourth-order valence-electron chi connectivity index (χ4n) is 2.16. The predicted molar refractivity (Wildman–Crippen MR) is 85.0 cm³/mol. The van der Waals surface area contributed by atoms with Crippen molar-refractivity contribution in [2.75, 3.05) is 6.54 Å². The molecule has 0 aliphatic rings. The molecule has 0 bridgehead atoms. The van der Waals surface area contributed by atoms with E-state index in [1.54, 1.807) is 0 Å². The molecule has 0 saturated carbocycles. The Bertz CT molecular complexity index is 566. The highest BCUT2D eigenvalue weighted by atomic mass is 35.5. The van der Waals surface area contributed by atoms with Gasteiger partial charge in [0.2, 0.25) is 5.89 Å². The summed E-state index contributed by atoms with van der Waals surface area (Å²) in [6, 6.07) is 5.79. The van der Waals surface area contributed by atoms with Gasteiger partial charge in [-0.05, 0) is 30.7 Å². The van der Waals surface area contributed by atoms with Gasteiger partial charge in [0, 0.05) is 28.9 Å². The Labute approximate surface area is 134 Å². The van der Waals surface area contributed by atoms with Crippen LogP contribution in [0.1, 0.15) is 37.5 Å². The molecule has 1 aromatic carbocycles. The zero-order valence-electron chi connectivity index (χ0n) is 12.2. The van der Waals surface area contributed by atoms with Crippen LogP contribution in [0, 0.1) is 0 Å². The van der Waals surface area contributed by atoms with Crippen LogP contribution in [0.2, 0.25) is 10.0 Å². The number of hydrogen-bond donors (Lipinski definition) is 1. The lowest BCUT2D eigenvalue weighted by molar-refractivity contribution is 0.352. The summed E-state index contributed by atoms with van der Waals surface area (Å²) in [5.74, 6) is 1.24. The van der Waals surface area contributed by atoms with Crippen LogP contribution in [0.25, 0.3) is 0 Å². The first-order chi connectivity index (χ1) is 10.1. The molecule has 2 aromatic rings. The minimum atomic E-state index is 0.354. The summed E-state index contributed by atoms with van der Waals surface area (Å²) in [5, 5.41) is 8.63. The van der Waals surface area contributed by atoms with E-state index in [4.69, 9.17) is 27.7 Å². The van der Waals surface area contributed by atoms with Gasteiger partial charge in [-0.2, -0.15) is 4.98 Å². The quantitative estimate of drug-likeness (QED) is 0.837. The summed E-state index contributed by atoms with van der Waals surface area (Å²) in [5.41, 5.74) is 0.826. The van der Waals surface area contributed by atoms with E-state index in [2.05, 4.69) is 29.3 Å². The second-order valence-corrected chi connectivity index (χ2v) is 5.66. The third-order valence-electron chi connectivity index (χ3n) is 3.31. The SMILES string of the molecule is CCNC(CC)Cc1nc(Cc2c(Cl)cccc2Cl)no1. The molecule has 0 aliphatic carbocycles. The van der Waals surface area contributed by atoms with E-state index in [1.807, 2.05) is 18.2 Å². The Balaban J connectivity index is 2.06. The third-order valence-corrected chi connectivity index (χ3v) is 4.02. The van der Waals surface area contributed by atoms with Gasteiger partial charge in [0.15, 0.2) is 5.82 Å². The number of halogens is 2. The number of rotatable bonds is 7. The van der Waals surface area contributed by atoms with Gasteiger partial charge in [0.05, 0.1) is 0 Å². The molecule has 1 atom stereocenters. The molecule has 2 rings (SSSR count). The minimum Gasteiger partial charge on any atom is -0.339 e. The van der Waals surface area contributed by atoms with Crippen LogP contribution in [-0.4, -0.2) is 22.7 Å². The average molecular weight is 328 g/mol. The molecular weight excluding hydrogens is 309 g/mol. The van der Waals surface area contributed by atoms with E-state index in [1.165, 1.54) is 0 Å². The molecule has 21 heavy (non-hydrogen) atoms. The lowest BCUT2D eigenvalue weighted by atomic mass is 10.1. The first-order valence-electron chi connectivity index (χ1n) is 7.11. The van der Waals surface area contributed by atoms with Gasteiger partial charge in [-0.1, -0.05) is 48.3 Å². The van der Waals surface area contributed by atoms with E-state index in [0.717, 1.165) is 24.9 Å². The van der Waals surface area contributed by atoms with Crippen molar-refractivity contribution in [1.82, 2.24) is 15.5 Å². The zero-order chi connectivity index (χ0) is 15.2. The molecule has 0 fully saturated rings. The summed E-state index contributed by atoms with van der Waals surface area (Å²) in [6.45, 7) is 5.14. The van der Waals surface area contributed by atoms with Crippen molar-refractivity contribution in [3.8, 4) is 0 Å². The highest BCUT2D eigenvalue weighted by Crippen LogP contribution is 2.26. The molecule has 1 unspecified atom stereocenters. The van der Waals surface area contributed by atoms with Crippen molar-refractivity contribution in [2.24, 2.45) is 0 Å². The molecule has 6 heteroatoms. The van der Waals surface area contributed by atoms with Gasteiger partial charge < -0.3 is 9.84 Å². The number of nitrogens with one attached hydrogen (secondary N) is 1. The average Bonchev–Trinajstić information content (AvgIpc) is 2.90. The van der Waals surface area contributed by atoms with Gasteiger partial charge in [0.1, 0.15) is 0 Å². The molecule has 1 N–H and O–H groups in total. The molecule has 4 nitrogen and oxygen atoms in total. The number of aromatic nitrogens is 2. The van der Waals surface area contributed by atoms with Crippen molar-refractivity contribution in [1.29, 1.82) is 0 Å². The van der Waals surface area contributed by atoms with Crippen LogP contribution in [-0.2, 0) is 12.8 Å². The van der Waals surface area contributed by atoms with Gasteiger partial charge in [0.25, 0.3) is 0 Å². The lowest BCUT2D eigenvalue weighted by Gasteiger charge is -2.12. The Kier molecular flexibility index (Phi) is 6.03. The predicted octanol–water partition coefficient (Wildman–Crippen LogP) is 3.90. The van der Waals surface area contributed by atoms with E-state index in [9.17, 15) is 0 Å². The first-order valence-corrected chi connectivity index (χ1v) is 7.87. The number of likely N-dealkylation sites (N-methyl/N-ethyl adjacent to an activating group) is 1. The number of hydrogen-bond acceptors (Lipinski definition) is 4. The summed E-state index contributed by atoms with van der Waals surface area (Å²) in [4.78, 5) is 4.42. The summed E-state index contributed by atoms with van der Waals surface area (Å²) in [7, 11) is 0.